The molecule has 0 aromatic carbocycles. The summed E-state index contributed by atoms with van der Waals surface area (Å²) in [6, 6.07) is 6.31. The average molecular weight is 372 g/mol. The zero-order chi connectivity index (χ0) is 19.5. The number of anilines is 1. The van der Waals surface area contributed by atoms with Crippen LogP contribution in [0.3, 0.4) is 0 Å². The molecule has 0 fully saturated rings. The molecule has 0 spiro atoms. The monoisotopic (exact) mass is 372 g/mol. The standard InChI is InChI=1S/C20H28N4O3/c1-21-18-11-7-10-17(24-18)9-6-4-3-5-8-15(12-19(25)26)16-13-22-20(27-2)23-14-16/h7,10-11,13-15H,3-6,8-9,12H2,1-2H3,(H,21,24)(H,25,26)/t15-/m1/s1. The molecule has 7 heteroatoms. The Balaban J connectivity index is 1.75. The minimum atomic E-state index is -0.800. The lowest BCUT2D eigenvalue weighted by Gasteiger charge is -2.14. The number of carbonyl (C=O) groups is 1. The van der Waals surface area contributed by atoms with Crippen LogP contribution in [-0.4, -0.2) is 40.2 Å². The van der Waals surface area contributed by atoms with E-state index in [0.29, 0.717) is 6.01 Å². The van der Waals surface area contributed by atoms with Gasteiger partial charge in [0.25, 0.3) is 0 Å². The van der Waals surface area contributed by atoms with Crippen LogP contribution in [0.25, 0.3) is 0 Å². The molecule has 0 unspecified atom stereocenters. The number of aliphatic carboxylic acids is 1. The Morgan fingerprint density at radius 2 is 1.93 bits per heavy atom. The molecule has 2 aromatic rings. The van der Waals surface area contributed by atoms with Crippen molar-refractivity contribution in [2.24, 2.45) is 0 Å². The fourth-order valence-corrected chi connectivity index (χ4v) is 3.05. The van der Waals surface area contributed by atoms with Gasteiger partial charge in [-0.2, -0.15) is 0 Å². The van der Waals surface area contributed by atoms with Crippen molar-refractivity contribution in [3.8, 4) is 6.01 Å². The van der Waals surface area contributed by atoms with E-state index in [4.69, 9.17) is 4.74 Å². The van der Waals surface area contributed by atoms with Crippen molar-refractivity contribution in [3.63, 3.8) is 0 Å². The molecule has 2 aromatic heterocycles. The Hall–Kier alpha value is -2.70. The van der Waals surface area contributed by atoms with Crippen LogP contribution in [-0.2, 0) is 11.2 Å². The van der Waals surface area contributed by atoms with Crippen molar-refractivity contribution < 1.29 is 14.6 Å². The van der Waals surface area contributed by atoms with Gasteiger partial charge in [0.1, 0.15) is 5.82 Å². The number of aromatic nitrogens is 3. The average Bonchev–Trinajstić information content (AvgIpc) is 2.69. The molecule has 1 atom stereocenters. The van der Waals surface area contributed by atoms with Crippen molar-refractivity contribution in [2.75, 3.05) is 19.5 Å². The zero-order valence-electron chi connectivity index (χ0n) is 16.0. The van der Waals surface area contributed by atoms with Crippen molar-refractivity contribution in [3.05, 3.63) is 41.9 Å². The van der Waals surface area contributed by atoms with Crippen LogP contribution in [0, 0.1) is 0 Å². The summed E-state index contributed by atoms with van der Waals surface area (Å²) in [5.41, 5.74) is 1.95. The van der Waals surface area contributed by atoms with Crippen molar-refractivity contribution in [2.45, 2.75) is 50.9 Å². The molecular formula is C20H28N4O3. The predicted molar refractivity (Wildman–Crippen MR) is 104 cm³/mol. The highest BCUT2D eigenvalue weighted by molar-refractivity contribution is 5.68. The fourth-order valence-electron chi connectivity index (χ4n) is 3.05. The van der Waals surface area contributed by atoms with Crippen LogP contribution in [0.2, 0.25) is 0 Å². The van der Waals surface area contributed by atoms with Gasteiger partial charge < -0.3 is 15.2 Å². The number of nitrogens with one attached hydrogen (secondary N) is 1. The number of pyridine rings is 1. The van der Waals surface area contributed by atoms with Crippen LogP contribution in [0.1, 0.15) is 55.7 Å². The van der Waals surface area contributed by atoms with Gasteiger partial charge in [0.05, 0.1) is 13.5 Å². The third kappa shape index (κ3) is 7.21. The smallest absolute Gasteiger partial charge is 0.316 e. The highest BCUT2D eigenvalue weighted by atomic mass is 16.5. The first-order chi connectivity index (χ1) is 13.1. The Kier molecular flexibility index (Phi) is 8.48. The van der Waals surface area contributed by atoms with E-state index in [1.165, 1.54) is 7.11 Å². The summed E-state index contributed by atoms with van der Waals surface area (Å²) in [5.74, 6) is 0.0272. The third-order valence-electron chi connectivity index (χ3n) is 4.52. The third-order valence-corrected chi connectivity index (χ3v) is 4.52. The largest absolute Gasteiger partial charge is 0.481 e. The van der Waals surface area contributed by atoms with E-state index < -0.39 is 5.97 Å². The van der Waals surface area contributed by atoms with Gasteiger partial charge in [-0.25, -0.2) is 15.0 Å². The minimum absolute atomic E-state index is 0.0672. The molecule has 0 aliphatic carbocycles. The highest BCUT2D eigenvalue weighted by Crippen LogP contribution is 2.26. The van der Waals surface area contributed by atoms with Gasteiger partial charge in [0, 0.05) is 25.1 Å². The van der Waals surface area contributed by atoms with Crippen LogP contribution in [0.5, 0.6) is 6.01 Å². The van der Waals surface area contributed by atoms with E-state index in [1.54, 1.807) is 12.4 Å². The topological polar surface area (TPSA) is 97.2 Å². The number of methoxy groups -OCH3 is 1. The molecule has 27 heavy (non-hydrogen) atoms. The summed E-state index contributed by atoms with van der Waals surface area (Å²) < 4.78 is 4.96. The van der Waals surface area contributed by atoms with E-state index in [9.17, 15) is 9.90 Å². The molecule has 0 aliphatic rings. The predicted octanol–water partition coefficient (Wildman–Crippen LogP) is 3.67. The molecular weight excluding hydrogens is 344 g/mol. The summed E-state index contributed by atoms with van der Waals surface area (Å²) in [6.45, 7) is 0. The summed E-state index contributed by atoms with van der Waals surface area (Å²) in [7, 11) is 3.38. The maximum atomic E-state index is 11.2. The SMILES string of the molecule is CNc1cccc(CCCCCC[C@H](CC(=O)O)c2cnc(OC)nc2)n1. The lowest BCUT2D eigenvalue weighted by atomic mass is 9.92. The van der Waals surface area contributed by atoms with Gasteiger partial charge >= 0.3 is 12.0 Å². The van der Waals surface area contributed by atoms with Crippen molar-refractivity contribution in [1.29, 1.82) is 0 Å². The van der Waals surface area contributed by atoms with E-state index in [-0.39, 0.29) is 12.3 Å². The van der Waals surface area contributed by atoms with Gasteiger partial charge in [-0.3, -0.25) is 4.79 Å². The molecule has 2 heterocycles. The Labute approximate surface area is 160 Å². The zero-order valence-corrected chi connectivity index (χ0v) is 16.0. The van der Waals surface area contributed by atoms with E-state index >= 15 is 0 Å². The molecule has 2 rings (SSSR count). The number of carboxylic acid groups (broad SMARTS) is 1. The maximum absolute atomic E-state index is 11.2. The molecule has 0 aliphatic heterocycles. The molecule has 0 bridgehead atoms. The maximum Gasteiger partial charge on any atom is 0.316 e. The van der Waals surface area contributed by atoms with Crippen LogP contribution >= 0.6 is 0 Å². The van der Waals surface area contributed by atoms with Gasteiger partial charge in [0.2, 0.25) is 0 Å². The highest BCUT2D eigenvalue weighted by Gasteiger charge is 2.16. The van der Waals surface area contributed by atoms with Crippen molar-refractivity contribution in [1.82, 2.24) is 15.0 Å². The first kappa shape index (κ1) is 20.6. The summed E-state index contributed by atoms with van der Waals surface area (Å²) in [6.07, 6.45) is 9.43. The number of hydrogen-bond acceptors (Lipinski definition) is 6. The lowest BCUT2D eigenvalue weighted by molar-refractivity contribution is -0.137. The van der Waals surface area contributed by atoms with E-state index in [2.05, 4.69) is 20.3 Å². The second-order valence-electron chi connectivity index (χ2n) is 6.51. The molecule has 146 valence electrons. The quantitative estimate of drug-likeness (QED) is 0.549. The van der Waals surface area contributed by atoms with E-state index in [1.807, 2.05) is 25.2 Å². The minimum Gasteiger partial charge on any atom is -0.481 e. The summed E-state index contributed by atoms with van der Waals surface area (Å²) in [4.78, 5) is 23.9. The molecule has 0 saturated heterocycles. The van der Waals surface area contributed by atoms with Gasteiger partial charge in [0.15, 0.2) is 0 Å². The molecule has 0 saturated carbocycles. The molecule has 0 radical (unpaired) electrons. The van der Waals surface area contributed by atoms with Crippen LogP contribution in [0.4, 0.5) is 5.82 Å². The molecule has 7 nitrogen and oxygen atoms in total. The normalized spacial score (nSPS) is 11.8. The second kappa shape index (κ2) is 11.1. The summed E-state index contributed by atoms with van der Waals surface area (Å²) >= 11 is 0. The first-order valence-corrected chi connectivity index (χ1v) is 9.33. The Morgan fingerprint density at radius 3 is 2.59 bits per heavy atom. The summed E-state index contributed by atoms with van der Waals surface area (Å²) in [5, 5.41) is 12.2. The number of ether oxygens (including phenoxy) is 1. The molecule has 2 N–H and O–H groups in total. The number of nitrogens with zero attached hydrogens (tertiary/aromatic N) is 3. The van der Waals surface area contributed by atoms with Crippen LogP contribution in [0.15, 0.2) is 30.6 Å². The van der Waals surface area contributed by atoms with Gasteiger partial charge in [-0.15, -0.1) is 0 Å². The number of rotatable bonds is 12. The van der Waals surface area contributed by atoms with Gasteiger partial charge in [-0.1, -0.05) is 25.3 Å². The Morgan fingerprint density at radius 1 is 1.19 bits per heavy atom. The number of aryl methyl sites for hydroxylation is 1. The fraction of sp³-hybridized carbons (Fsp3) is 0.500. The second-order valence-corrected chi connectivity index (χ2v) is 6.51. The first-order valence-electron chi connectivity index (χ1n) is 9.33. The molecule has 0 amide bonds. The number of carboxylic acids is 1. The van der Waals surface area contributed by atoms with Crippen molar-refractivity contribution >= 4 is 11.8 Å². The number of hydrogen-bond donors (Lipinski definition) is 2. The van der Waals surface area contributed by atoms with E-state index in [0.717, 1.165) is 55.6 Å². The van der Waals surface area contributed by atoms with Gasteiger partial charge in [-0.05, 0) is 42.9 Å². The Bertz CT molecular complexity index is 707. The lowest BCUT2D eigenvalue weighted by Crippen LogP contribution is -2.08. The van der Waals surface area contributed by atoms with Crippen LogP contribution < -0.4 is 10.1 Å². The number of unbranched alkanes of at least 4 members (excludes halogenated alkanes) is 3.